The molecule has 0 heterocycles. The average molecular weight is 367 g/mol. The van der Waals surface area contributed by atoms with E-state index in [1.165, 1.54) is 0 Å². The van der Waals surface area contributed by atoms with Crippen molar-refractivity contribution in [3.05, 3.63) is 65.7 Å². The summed E-state index contributed by atoms with van der Waals surface area (Å²) in [5.74, 6) is 0.580. The molecule has 0 unspecified atom stereocenters. The summed E-state index contributed by atoms with van der Waals surface area (Å²) in [4.78, 5) is 26.4. The summed E-state index contributed by atoms with van der Waals surface area (Å²) in [7, 11) is 0. The second-order valence-corrected chi connectivity index (χ2v) is 6.74. The topological polar surface area (TPSA) is 55.8 Å². The molecule has 0 aliphatic heterocycles. The Bertz CT molecular complexity index is 771. The van der Waals surface area contributed by atoms with E-state index in [9.17, 15) is 9.59 Å². The first-order valence-electron chi connectivity index (χ1n) is 9.37. The Morgan fingerprint density at radius 2 is 1.85 bits per heavy atom. The molecule has 142 valence electrons. The van der Waals surface area contributed by atoms with Crippen LogP contribution < -0.4 is 4.74 Å². The van der Waals surface area contributed by atoms with Crippen molar-refractivity contribution in [1.29, 1.82) is 0 Å². The Balaban J connectivity index is 1.66. The number of benzene rings is 2. The lowest BCUT2D eigenvalue weighted by molar-refractivity contribution is -0.143. The van der Waals surface area contributed by atoms with Crippen LogP contribution in [0.2, 0.25) is 0 Å². The van der Waals surface area contributed by atoms with Crippen molar-refractivity contribution in [2.24, 2.45) is 5.92 Å². The van der Waals surface area contributed by atoms with E-state index in [4.69, 9.17) is 9.47 Å². The van der Waals surface area contributed by atoms with E-state index in [1.54, 1.807) is 30.0 Å². The van der Waals surface area contributed by atoms with Crippen LogP contribution in [0.15, 0.2) is 54.6 Å². The molecule has 1 aliphatic rings. The summed E-state index contributed by atoms with van der Waals surface area (Å²) < 4.78 is 10.8. The van der Waals surface area contributed by atoms with Gasteiger partial charge in [-0.05, 0) is 49.4 Å². The first kappa shape index (κ1) is 19.0. The summed E-state index contributed by atoms with van der Waals surface area (Å²) in [5, 5.41) is 0. The number of carbonyl (C=O) groups is 2. The second-order valence-electron chi connectivity index (χ2n) is 6.74. The fourth-order valence-corrected chi connectivity index (χ4v) is 2.84. The molecule has 1 aliphatic carbocycles. The standard InChI is InChI=1S/C22H25NO4/c1-2-26-21(24)15-23(14-17-11-12-17)22(25)19-9-6-10-20(13-19)27-16-18-7-4-3-5-8-18/h3-10,13,17H,2,11-12,14-16H2,1H3. The zero-order valence-corrected chi connectivity index (χ0v) is 15.6. The molecule has 1 amide bonds. The first-order valence-corrected chi connectivity index (χ1v) is 9.37. The molecular formula is C22H25NO4. The van der Waals surface area contributed by atoms with E-state index in [2.05, 4.69) is 0 Å². The molecule has 0 saturated heterocycles. The molecule has 5 nitrogen and oxygen atoms in total. The molecule has 0 bridgehead atoms. The van der Waals surface area contributed by atoms with Crippen LogP contribution in [-0.2, 0) is 16.1 Å². The fourth-order valence-electron chi connectivity index (χ4n) is 2.84. The van der Waals surface area contributed by atoms with Crippen molar-refractivity contribution < 1.29 is 19.1 Å². The molecule has 0 radical (unpaired) electrons. The van der Waals surface area contributed by atoms with E-state index in [1.807, 2.05) is 36.4 Å². The quantitative estimate of drug-likeness (QED) is 0.635. The third kappa shape index (κ3) is 5.84. The molecular weight excluding hydrogens is 342 g/mol. The molecule has 3 rings (SSSR count). The predicted molar refractivity (Wildman–Crippen MR) is 102 cm³/mol. The number of carbonyl (C=O) groups excluding carboxylic acids is 2. The Labute approximate surface area is 159 Å². The van der Waals surface area contributed by atoms with Crippen molar-refractivity contribution in [3.63, 3.8) is 0 Å². The normalized spacial score (nSPS) is 13.1. The van der Waals surface area contributed by atoms with Gasteiger partial charge in [-0.1, -0.05) is 36.4 Å². The van der Waals surface area contributed by atoms with Gasteiger partial charge >= 0.3 is 5.97 Å². The van der Waals surface area contributed by atoms with Gasteiger partial charge in [-0.25, -0.2) is 0 Å². The van der Waals surface area contributed by atoms with Crippen LogP contribution in [0.25, 0.3) is 0 Å². The highest BCUT2D eigenvalue weighted by Gasteiger charge is 2.29. The van der Waals surface area contributed by atoms with Crippen LogP contribution in [0.4, 0.5) is 0 Å². The lowest BCUT2D eigenvalue weighted by atomic mass is 10.1. The molecule has 0 N–H and O–H groups in total. The van der Waals surface area contributed by atoms with E-state index < -0.39 is 0 Å². The van der Waals surface area contributed by atoms with Crippen LogP contribution in [0, 0.1) is 5.92 Å². The lowest BCUT2D eigenvalue weighted by Crippen LogP contribution is -2.38. The monoisotopic (exact) mass is 367 g/mol. The van der Waals surface area contributed by atoms with Crippen molar-refractivity contribution in [2.45, 2.75) is 26.4 Å². The van der Waals surface area contributed by atoms with Gasteiger partial charge in [0.15, 0.2) is 0 Å². The smallest absolute Gasteiger partial charge is 0.325 e. The third-order valence-electron chi connectivity index (χ3n) is 4.42. The van der Waals surface area contributed by atoms with E-state index in [0.29, 0.717) is 37.0 Å². The molecule has 2 aromatic carbocycles. The van der Waals surface area contributed by atoms with Crippen LogP contribution in [0.5, 0.6) is 5.75 Å². The number of hydrogen-bond donors (Lipinski definition) is 0. The summed E-state index contributed by atoms with van der Waals surface area (Å²) in [5.41, 5.74) is 1.58. The fraction of sp³-hybridized carbons (Fsp3) is 0.364. The molecule has 27 heavy (non-hydrogen) atoms. The Morgan fingerprint density at radius 3 is 2.56 bits per heavy atom. The SMILES string of the molecule is CCOC(=O)CN(CC1CC1)C(=O)c1cccc(OCc2ccccc2)c1. The summed E-state index contributed by atoms with van der Waals surface area (Å²) >= 11 is 0. The molecule has 1 saturated carbocycles. The molecule has 5 heteroatoms. The third-order valence-corrected chi connectivity index (χ3v) is 4.42. The van der Waals surface area contributed by atoms with Gasteiger partial charge in [-0.2, -0.15) is 0 Å². The Hall–Kier alpha value is -2.82. The number of ether oxygens (including phenoxy) is 2. The molecule has 0 atom stereocenters. The van der Waals surface area contributed by atoms with Gasteiger partial charge in [0.25, 0.3) is 5.91 Å². The average Bonchev–Trinajstić information content (AvgIpc) is 3.51. The summed E-state index contributed by atoms with van der Waals surface area (Å²) in [6.45, 7) is 3.09. The minimum absolute atomic E-state index is 0.0156. The number of nitrogens with zero attached hydrogens (tertiary/aromatic N) is 1. The maximum atomic E-state index is 12.9. The summed E-state index contributed by atoms with van der Waals surface area (Å²) in [6, 6.07) is 17.0. The number of esters is 1. The van der Waals surface area contributed by atoms with Gasteiger partial charge in [0, 0.05) is 12.1 Å². The van der Waals surface area contributed by atoms with E-state index >= 15 is 0 Å². The Morgan fingerprint density at radius 1 is 1.07 bits per heavy atom. The zero-order valence-electron chi connectivity index (χ0n) is 15.6. The van der Waals surface area contributed by atoms with Gasteiger partial charge in [0.05, 0.1) is 6.61 Å². The number of rotatable bonds is 9. The number of amides is 1. The van der Waals surface area contributed by atoms with Crippen molar-refractivity contribution in [2.75, 3.05) is 19.7 Å². The molecule has 2 aromatic rings. The van der Waals surface area contributed by atoms with Crippen LogP contribution in [0.3, 0.4) is 0 Å². The van der Waals surface area contributed by atoms with Crippen LogP contribution in [-0.4, -0.2) is 36.5 Å². The minimum Gasteiger partial charge on any atom is -0.489 e. The number of hydrogen-bond acceptors (Lipinski definition) is 4. The second kappa shape index (κ2) is 9.21. The van der Waals surface area contributed by atoms with E-state index in [0.717, 1.165) is 18.4 Å². The molecule has 0 aromatic heterocycles. The maximum Gasteiger partial charge on any atom is 0.325 e. The Kier molecular flexibility index (Phi) is 6.47. The maximum absolute atomic E-state index is 12.9. The van der Waals surface area contributed by atoms with Gasteiger partial charge < -0.3 is 14.4 Å². The highest BCUT2D eigenvalue weighted by atomic mass is 16.5. The largest absolute Gasteiger partial charge is 0.489 e. The van der Waals surface area contributed by atoms with Gasteiger partial charge in [0.1, 0.15) is 18.9 Å². The van der Waals surface area contributed by atoms with Crippen LogP contribution in [0.1, 0.15) is 35.7 Å². The van der Waals surface area contributed by atoms with Gasteiger partial charge in [-0.15, -0.1) is 0 Å². The van der Waals surface area contributed by atoms with Crippen LogP contribution >= 0.6 is 0 Å². The lowest BCUT2D eigenvalue weighted by Gasteiger charge is -2.22. The van der Waals surface area contributed by atoms with Gasteiger partial charge in [-0.3, -0.25) is 9.59 Å². The van der Waals surface area contributed by atoms with Gasteiger partial charge in [0.2, 0.25) is 0 Å². The van der Waals surface area contributed by atoms with E-state index in [-0.39, 0.29) is 18.4 Å². The molecule has 0 spiro atoms. The minimum atomic E-state index is -0.372. The first-order chi connectivity index (χ1) is 13.2. The highest BCUT2D eigenvalue weighted by molar-refractivity contribution is 5.96. The zero-order chi connectivity index (χ0) is 19.1. The highest BCUT2D eigenvalue weighted by Crippen LogP contribution is 2.30. The summed E-state index contributed by atoms with van der Waals surface area (Å²) in [6.07, 6.45) is 2.21. The van der Waals surface area contributed by atoms with Crippen molar-refractivity contribution in [1.82, 2.24) is 4.90 Å². The molecule has 1 fully saturated rings. The van der Waals surface area contributed by atoms with Crippen molar-refractivity contribution in [3.8, 4) is 5.75 Å². The van der Waals surface area contributed by atoms with Crippen molar-refractivity contribution >= 4 is 11.9 Å². The predicted octanol–water partition coefficient (Wildman–Crippen LogP) is 3.68.